The van der Waals surface area contributed by atoms with Crippen molar-refractivity contribution in [3.8, 4) is 0 Å². The summed E-state index contributed by atoms with van der Waals surface area (Å²) in [6, 6.07) is 24.5. The molecule has 29 heavy (non-hydrogen) atoms. The normalized spacial score (nSPS) is 23.7. The van der Waals surface area contributed by atoms with E-state index in [9.17, 15) is 9.90 Å². The summed E-state index contributed by atoms with van der Waals surface area (Å²) >= 11 is 0. The third kappa shape index (κ3) is 3.66. The highest BCUT2D eigenvalue weighted by atomic mass is 17.3. The van der Waals surface area contributed by atoms with E-state index in [4.69, 9.17) is 19.2 Å². The molecule has 2 atom stereocenters. The molecule has 6 nitrogen and oxygen atoms in total. The number of hydrogen-bond donors (Lipinski definition) is 1. The van der Waals surface area contributed by atoms with Gasteiger partial charge >= 0.3 is 11.9 Å². The van der Waals surface area contributed by atoms with Crippen molar-refractivity contribution in [1.82, 2.24) is 0 Å². The van der Waals surface area contributed by atoms with E-state index < -0.39 is 17.7 Å². The third-order valence-electron chi connectivity index (χ3n) is 4.85. The van der Waals surface area contributed by atoms with Crippen molar-refractivity contribution in [2.24, 2.45) is 0 Å². The fourth-order valence-corrected chi connectivity index (χ4v) is 3.33. The van der Waals surface area contributed by atoms with Crippen molar-refractivity contribution >= 4 is 5.97 Å². The maximum absolute atomic E-state index is 12.6. The van der Waals surface area contributed by atoms with Gasteiger partial charge in [0.1, 0.15) is 0 Å². The van der Waals surface area contributed by atoms with Crippen molar-refractivity contribution in [3.05, 3.63) is 107 Å². The van der Waals surface area contributed by atoms with Crippen molar-refractivity contribution < 1.29 is 29.1 Å². The second-order valence-electron chi connectivity index (χ2n) is 6.66. The summed E-state index contributed by atoms with van der Waals surface area (Å²) in [7, 11) is 1.49. The minimum atomic E-state index is -2.45. The maximum Gasteiger partial charge on any atom is 0.383 e. The van der Waals surface area contributed by atoms with Crippen LogP contribution in [0.2, 0.25) is 0 Å². The molecule has 4 rings (SSSR count). The number of rotatable bonds is 4. The Balaban J connectivity index is 1.73. The van der Waals surface area contributed by atoms with Crippen LogP contribution in [-0.4, -0.2) is 18.2 Å². The van der Waals surface area contributed by atoms with E-state index in [1.165, 1.54) is 7.11 Å². The molecule has 0 amide bonds. The number of carbonyl (C=O) groups is 1. The molecule has 148 valence electrons. The van der Waals surface area contributed by atoms with Gasteiger partial charge in [0.05, 0.1) is 11.1 Å². The van der Waals surface area contributed by atoms with E-state index >= 15 is 0 Å². The van der Waals surface area contributed by atoms with Gasteiger partial charge in [-0.25, -0.2) is 4.79 Å². The zero-order valence-electron chi connectivity index (χ0n) is 15.8. The van der Waals surface area contributed by atoms with Gasteiger partial charge in [-0.2, -0.15) is 9.78 Å². The van der Waals surface area contributed by atoms with Crippen LogP contribution in [0.25, 0.3) is 0 Å². The highest BCUT2D eigenvalue weighted by molar-refractivity contribution is 5.89. The van der Waals surface area contributed by atoms with Crippen LogP contribution in [0.5, 0.6) is 0 Å². The topological polar surface area (TPSA) is 74.2 Å². The number of fused-ring (bicyclic) bond motifs is 1. The first kappa shape index (κ1) is 19.3. The van der Waals surface area contributed by atoms with Crippen LogP contribution >= 0.6 is 0 Å². The Labute approximate surface area is 168 Å². The SMILES string of the molecule is COC1(c2ccccc2)Cc2ccccc2C(O)(OC(=O)c2ccccc2)OO1. The average molecular weight is 392 g/mol. The molecule has 6 heteroatoms. The van der Waals surface area contributed by atoms with Gasteiger partial charge in [0.15, 0.2) is 0 Å². The molecule has 0 bridgehead atoms. The molecule has 0 radical (unpaired) electrons. The molecule has 0 spiro atoms. The third-order valence-corrected chi connectivity index (χ3v) is 4.85. The molecule has 0 aromatic heterocycles. The molecule has 3 aromatic rings. The summed E-state index contributed by atoms with van der Waals surface area (Å²) < 4.78 is 11.0. The van der Waals surface area contributed by atoms with Crippen LogP contribution in [0.1, 0.15) is 27.0 Å². The molecule has 0 aliphatic carbocycles. The zero-order chi connectivity index (χ0) is 20.3. The van der Waals surface area contributed by atoms with Crippen LogP contribution in [0, 0.1) is 0 Å². The fourth-order valence-electron chi connectivity index (χ4n) is 3.33. The van der Waals surface area contributed by atoms with Crippen LogP contribution in [-0.2, 0) is 37.4 Å². The number of esters is 1. The van der Waals surface area contributed by atoms with Gasteiger partial charge in [-0.3, -0.25) is 0 Å². The Morgan fingerprint density at radius 1 is 0.897 bits per heavy atom. The first-order valence-electron chi connectivity index (χ1n) is 9.13. The summed E-state index contributed by atoms with van der Waals surface area (Å²) in [6.07, 6.45) is 0.231. The van der Waals surface area contributed by atoms with E-state index in [1.54, 1.807) is 48.5 Å². The maximum atomic E-state index is 12.6. The molecule has 1 aliphatic rings. The van der Waals surface area contributed by atoms with Gasteiger partial charge in [0.25, 0.3) is 0 Å². The van der Waals surface area contributed by atoms with Crippen LogP contribution in [0.15, 0.2) is 84.9 Å². The Morgan fingerprint density at radius 2 is 1.52 bits per heavy atom. The number of aliphatic hydroxyl groups is 1. The van der Waals surface area contributed by atoms with Crippen LogP contribution < -0.4 is 0 Å². The molecule has 2 unspecified atom stereocenters. The fraction of sp³-hybridized carbons (Fsp3) is 0.174. The largest absolute Gasteiger partial charge is 0.398 e. The molecule has 1 heterocycles. The molecule has 0 saturated carbocycles. The van der Waals surface area contributed by atoms with E-state index in [1.807, 2.05) is 36.4 Å². The molecule has 1 N–H and O–H groups in total. The smallest absolute Gasteiger partial charge is 0.383 e. The van der Waals surface area contributed by atoms with E-state index in [0.717, 1.165) is 0 Å². The van der Waals surface area contributed by atoms with Crippen molar-refractivity contribution in [2.45, 2.75) is 18.2 Å². The summed E-state index contributed by atoms with van der Waals surface area (Å²) in [5, 5.41) is 11.2. The van der Waals surface area contributed by atoms with E-state index in [0.29, 0.717) is 11.1 Å². The second-order valence-corrected chi connectivity index (χ2v) is 6.66. The predicted molar refractivity (Wildman–Crippen MR) is 103 cm³/mol. The van der Waals surface area contributed by atoms with Gasteiger partial charge in [-0.15, -0.1) is 0 Å². The second kappa shape index (κ2) is 7.77. The lowest BCUT2D eigenvalue weighted by atomic mass is 9.94. The monoisotopic (exact) mass is 392 g/mol. The zero-order valence-corrected chi connectivity index (χ0v) is 15.8. The van der Waals surface area contributed by atoms with Crippen molar-refractivity contribution in [2.75, 3.05) is 7.11 Å². The minimum absolute atomic E-state index is 0.231. The summed E-state index contributed by atoms with van der Waals surface area (Å²) in [4.78, 5) is 23.6. The molecule has 0 fully saturated rings. The highest BCUT2D eigenvalue weighted by Crippen LogP contribution is 2.41. The predicted octanol–water partition coefficient (Wildman–Crippen LogP) is 3.65. The summed E-state index contributed by atoms with van der Waals surface area (Å²) in [6.45, 7) is 0. The molecule has 0 saturated heterocycles. The van der Waals surface area contributed by atoms with Gasteiger partial charge in [0.2, 0.25) is 5.79 Å². The Bertz CT molecular complexity index is 991. The Hall–Kier alpha value is -3.03. The molecule has 1 aliphatic heterocycles. The lowest BCUT2D eigenvalue weighted by Gasteiger charge is -2.31. The minimum Gasteiger partial charge on any atom is -0.398 e. The first-order chi connectivity index (χ1) is 14.1. The summed E-state index contributed by atoms with van der Waals surface area (Å²) in [5.41, 5.74) is 1.88. The molecule has 3 aromatic carbocycles. The lowest BCUT2D eigenvalue weighted by molar-refractivity contribution is -0.547. The number of benzene rings is 3. The van der Waals surface area contributed by atoms with E-state index in [-0.39, 0.29) is 17.5 Å². The number of carbonyl (C=O) groups excluding carboxylic acids is 1. The van der Waals surface area contributed by atoms with Crippen molar-refractivity contribution in [1.29, 1.82) is 0 Å². The van der Waals surface area contributed by atoms with E-state index in [2.05, 4.69) is 0 Å². The first-order valence-corrected chi connectivity index (χ1v) is 9.13. The van der Waals surface area contributed by atoms with Gasteiger partial charge in [-0.05, 0) is 23.8 Å². The standard InChI is InChI=1S/C23H20O6/c1-26-22(19-13-6-3-7-14-19)16-18-12-8-9-15-20(18)23(25,29-28-22)27-21(24)17-10-4-2-5-11-17/h2-15,25H,16H2,1H3. The van der Waals surface area contributed by atoms with Crippen LogP contribution in [0.3, 0.4) is 0 Å². The van der Waals surface area contributed by atoms with Gasteiger partial charge in [0, 0.05) is 19.1 Å². The van der Waals surface area contributed by atoms with Gasteiger partial charge < -0.3 is 14.6 Å². The quantitative estimate of drug-likeness (QED) is 0.415. The Morgan fingerprint density at radius 3 is 2.21 bits per heavy atom. The number of ether oxygens (including phenoxy) is 2. The van der Waals surface area contributed by atoms with Gasteiger partial charge in [-0.1, -0.05) is 66.7 Å². The highest BCUT2D eigenvalue weighted by Gasteiger charge is 2.48. The van der Waals surface area contributed by atoms with Crippen molar-refractivity contribution in [3.63, 3.8) is 0 Å². The number of methoxy groups -OCH3 is 1. The number of hydrogen-bond acceptors (Lipinski definition) is 6. The summed E-state index contributed by atoms with van der Waals surface area (Å²) in [5.74, 6) is -4.53. The lowest BCUT2D eigenvalue weighted by Crippen LogP contribution is -2.38. The van der Waals surface area contributed by atoms with Crippen LogP contribution in [0.4, 0.5) is 0 Å². The average Bonchev–Trinajstić information content (AvgIpc) is 2.90. The molecular formula is C23H20O6. The Kier molecular flexibility index (Phi) is 5.17. The molecular weight excluding hydrogens is 372 g/mol.